The number of nitrogens with one attached hydrogen (secondary N) is 1. The van der Waals surface area contributed by atoms with Gasteiger partial charge in [-0.25, -0.2) is 0 Å². The van der Waals surface area contributed by atoms with Crippen LogP contribution in [-0.2, 0) is 6.54 Å². The number of amides is 2. The topological polar surface area (TPSA) is 49.4 Å². The van der Waals surface area contributed by atoms with Crippen molar-refractivity contribution < 1.29 is 9.59 Å². The van der Waals surface area contributed by atoms with E-state index in [-0.39, 0.29) is 11.8 Å². The fourth-order valence-electron chi connectivity index (χ4n) is 3.53. The average Bonchev–Trinajstić information content (AvgIpc) is 2.72. The number of benzene rings is 2. The third-order valence-electron chi connectivity index (χ3n) is 5.03. The zero-order valence-corrected chi connectivity index (χ0v) is 15.3. The summed E-state index contributed by atoms with van der Waals surface area (Å²) in [6, 6.07) is 17.2. The quantitative estimate of drug-likeness (QED) is 0.885. The Hall–Kier alpha value is -2.62. The predicted molar refractivity (Wildman–Crippen MR) is 103 cm³/mol. The number of nitrogens with zero attached hydrogens (tertiary/aromatic N) is 1. The molecule has 4 heteroatoms. The van der Waals surface area contributed by atoms with Gasteiger partial charge in [-0.2, -0.15) is 0 Å². The van der Waals surface area contributed by atoms with Gasteiger partial charge in [-0.3, -0.25) is 9.59 Å². The Morgan fingerprint density at radius 2 is 1.81 bits per heavy atom. The predicted octanol–water partition coefficient (Wildman–Crippen LogP) is 4.02. The minimum atomic E-state index is -0.158. The van der Waals surface area contributed by atoms with Crippen LogP contribution in [0.2, 0.25) is 0 Å². The molecule has 0 bridgehead atoms. The summed E-state index contributed by atoms with van der Waals surface area (Å²) in [5, 5.41) is 2.92. The maximum atomic E-state index is 12.9. The SMILES string of the molecule is CCC1CCCCN1C(=O)c1cccc(C(=O)NCc2ccccc2)c1. The van der Waals surface area contributed by atoms with Crippen molar-refractivity contribution >= 4 is 11.8 Å². The van der Waals surface area contributed by atoms with Crippen molar-refractivity contribution in [1.29, 1.82) is 0 Å². The maximum Gasteiger partial charge on any atom is 0.254 e. The normalized spacial score (nSPS) is 17.0. The van der Waals surface area contributed by atoms with Crippen LogP contribution in [0.1, 0.15) is 58.9 Å². The average molecular weight is 350 g/mol. The van der Waals surface area contributed by atoms with E-state index >= 15 is 0 Å². The molecule has 2 amide bonds. The molecule has 1 aliphatic rings. The molecule has 26 heavy (non-hydrogen) atoms. The second kappa shape index (κ2) is 8.65. The van der Waals surface area contributed by atoms with Gasteiger partial charge in [-0.15, -0.1) is 0 Å². The smallest absolute Gasteiger partial charge is 0.254 e. The molecule has 0 aromatic heterocycles. The number of carbonyl (C=O) groups excluding carboxylic acids is 2. The number of hydrogen-bond donors (Lipinski definition) is 1. The molecule has 1 atom stereocenters. The molecule has 2 aromatic carbocycles. The molecule has 0 aliphatic carbocycles. The van der Waals surface area contributed by atoms with E-state index in [2.05, 4.69) is 12.2 Å². The van der Waals surface area contributed by atoms with E-state index in [4.69, 9.17) is 0 Å². The monoisotopic (exact) mass is 350 g/mol. The highest BCUT2D eigenvalue weighted by Crippen LogP contribution is 2.22. The van der Waals surface area contributed by atoms with Gasteiger partial charge in [-0.1, -0.05) is 43.3 Å². The van der Waals surface area contributed by atoms with Crippen molar-refractivity contribution in [3.05, 3.63) is 71.3 Å². The van der Waals surface area contributed by atoms with E-state index in [0.717, 1.165) is 31.4 Å². The Balaban J connectivity index is 1.69. The molecule has 0 saturated carbocycles. The number of likely N-dealkylation sites (tertiary alicyclic amines) is 1. The van der Waals surface area contributed by atoms with Gasteiger partial charge in [0.05, 0.1) is 0 Å². The molecule has 2 aromatic rings. The number of rotatable bonds is 5. The Bertz CT molecular complexity index is 758. The zero-order chi connectivity index (χ0) is 18.4. The highest BCUT2D eigenvalue weighted by molar-refractivity contribution is 5.99. The van der Waals surface area contributed by atoms with E-state index in [9.17, 15) is 9.59 Å². The Kier molecular flexibility index (Phi) is 6.05. The molecule has 1 unspecified atom stereocenters. The summed E-state index contributed by atoms with van der Waals surface area (Å²) in [5.41, 5.74) is 2.17. The van der Waals surface area contributed by atoms with Crippen LogP contribution in [0.5, 0.6) is 0 Å². The molecular weight excluding hydrogens is 324 g/mol. The fraction of sp³-hybridized carbons (Fsp3) is 0.364. The van der Waals surface area contributed by atoms with Crippen LogP contribution < -0.4 is 5.32 Å². The molecular formula is C22H26N2O2. The van der Waals surface area contributed by atoms with Crippen LogP contribution in [0, 0.1) is 0 Å². The van der Waals surface area contributed by atoms with E-state index < -0.39 is 0 Å². The molecule has 4 nitrogen and oxygen atoms in total. The Labute approximate surface area is 155 Å². The first-order valence-electron chi connectivity index (χ1n) is 9.42. The van der Waals surface area contributed by atoms with Crippen LogP contribution in [0.25, 0.3) is 0 Å². The molecule has 1 N–H and O–H groups in total. The van der Waals surface area contributed by atoms with Gasteiger partial charge in [0, 0.05) is 30.3 Å². The van der Waals surface area contributed by atoms with Crippen LogP contribution in [0.3, 0.4) is 0 Å². The van der Waals surface area contributed by atoms with Gasteiger partial charge in [0.15, 0.2) is 0 Å². The van der Waals surface area contributed by atoms with Crippen molar-refractivity contribution in [1.82, 2.24) is 10.2 Å². The van der Waals surface area contributed by atoms with Crippen LogP contribution >= 0.6 is 0 Å². The Morgan fingerprint density at radius 1 is 1.04 bits per heavy atom. The van der Waals surface area contributed by atoms with Gasteiger partial charge >= 0.3 is 0 Å². The summed E-state index contributed by atoms with van der Waals surface area (Å²) in [5.74, 6) is -0.122. The first-order valence-corrected chi connectivity index (χ1v) is 9.42. The molecule has 1 aliphatic heterocycles. The van der Waals surface area contributed by atoms with Crippen LogP contribution in [-0.4, -0.2) is 29.3 Å². The van der Waals surface area contributed by atoms with E-state index in [1.807, 2.05) is 35.2 Å². The minimum absolute atomic E-state index is 0.0364. The van der Waals surface area contributed by atoms with Gasteiger partial charge in [0.1, 0.15) is 0 Å². The Morgan fingerprint density at radius 3 is 2.58 bits per heavy atom. The highest BCUT2D eigenvalue weighted by atomic mass is 16.2. The summed E-state index contributed by atoms with van der Waals surface area (Å²) in [7, 11) is 0. The lowest BCUT2D eigenvalue weighted by atomic mass is 9.98. The molecule has 1 heterocycles. The molecule has 0 spiro atoms. The molecule has 1 saturated heterocycles. The second-order valence-corrected chi connectivity index (χ2v) is 6.81. The van der Waals surface area contributed by atoms with E-state index in [1.165, 1.54) is 6.42 Å². The van der Waals surface area contributed by atoms with Crippen LogP contribution in [0.15, 0.2) is 54.6 Å². The fourth-order valence-corrected chi connectivity index (χ4v) is 3.53. The van der Waals surface area contributed by atoms with Crippen molar-refractivity contribution in [3.8, 4) is 0 Å². The largest absolute Gasteiger partial charge is 0.348 e. The third-order valence-corrected chi connectivity index (χ3v) is 5.03. The summed E-state index contributed by atoms with van der Waals surface area (Å²) in [6.07, 6.45) is 4.28. The van der Waals surface area contributed by atoms with Crippen molar-refractivity contribution in [2.75, 3.05) is 6.54 Å². The number of carbonyl (C=O) groups is 2. The van der Waals surface area contributed by atoms with E-state index in [0.29, 0.717) is 23.7 Å². The minimum Gasteiger partial charge on any atom is -0.348 e. The van der Waals surface area contributed by atoms with Gasteiger partial charge < -0.3 is 10.2 Å². The van der Waals surface area contributed by atoms with Gasteiger partial charge in [0.2, 0.25) is 0 Å². The van der Waals surface area contributed by atoms with Crippen molar-refractivity contribution in [2.24, 2.45) is 0 Å². The summed E-state index contributed by atoms with van der Waals surface area (Å²) >= 11 is 0. The first-order chi connectivity index (χ1) is 12.7. The number of piperidine rings is 1. The summed E-state index contributed by atoms with van der Waals surface area (Å²) < 4.78 is 0. The van der Waals surface area contributed by atoms with Gasteiger partial charge in [-0.05, 0) is 49.4 Å². The van der Waals surface area contributed by atoms with Gasteiger partial charge in [0.25, 0.3) is 11.8 Å². The lowest BCUT2D eigenvalue weighted by Gasteiger charge is -2.35. The molecule has 3 rings (SSSR count). The highest BCUT2D eigenvalue weighted by Gasteiger charge is 2.26. The summed E-state index contributed by atoms with van der Waals surface area (Å²) in [4.78, 5) is 27.3. The molecule has 136 valence electrons. The zero-order valence-electron chi connectivity index (χ0n) is 15.3. The third kappa shape index (κ3) is 4.31. The lowest BCUT2D eigenvalue weighted by Crippen LogP contribution is -2.43. The second-order valence-electron chi connectivity index (χ2n) is 6.81. The van der Waals surface area contributed by atoms with Crippen molar-refractivity contribution in [3.63, 3.8) is 0 Å². The lowest BCUT2D eigenvalue weighted by molar-refractivity contribution is 0.0608. The van der Waals surface area contributed by atoms with Crippen LogP contribution in [0.4, 0.5) is 0 Å². The van der Waals surface area contributed by atoms with E-state index in [1.54, 1.807) is 24.3 Å². The van der Waals surface area contributed by atoms with Crippen molar-refractivity contribution in [2.45, 2.75) is 45.2 Å². The standard InChI is InChI=1S/C22H26N2O2/c1-2-20-13-6-7-14-24(20)22(26)19-12-8-11-18(15-19)21(25)23-16-17-9-4-3-5-10-17/h3-5,8-12,15,20H,2,6-7,13-14,16H2,1H3,(H,23,25). The summed E-state index contributed by atoms with van der Waals surface area (Å²) in [6.45, 7) is 3.41. The number of hydrogen-bond acceptors (Lipinski definition) is 2. The molecule has 0 radical (unpaired) electrons. The molecule has 1 fully saturated rings. The maximum absolute atomic E-state index is 12.9. The first kappa shape index (κ1) is 18.2.